The summed E-state index contributed by atoms with van der Waals surface area (Å²) in [5, 5.41) is 4.48. The minimum atomic E-state index is -4.18. The van der Waals surface area contributed by atoms with Gasteiger partial charge in [-0.05, 0) is 17.0 Å². The lowest BCUT2D eigenvalue weighted by atomic mass is 9.94. The summed E-state index contributed by atoms with van der Waals surface area (Å²) in [4.78, 5) is -0.431. The SMILES string of the molecule is FC(F)(F)c1sccc1C1CNC1. The zero-order valence-corrected chi connectivity index (χ0v) is 7.50. The van der Waals surface area contributed by atoms with Crippen LogP contribution in [0.15, 0.2) is 11.4 Å². The van der Waals surface area contributed by atoms with Crippen molar-refractivity contribution in [3.8, 4) is 0 Å². The van der Waals surface area contributed by atoms with E-state index in [9.17, 15) is 13.2 Å². The molecule has 5 heteroatoms. The van der Waals surface area contributed by atoms with Crippen LogP contribution in [0, 0.1) is 0 Å². The van der Waals surface area contributed by atoms with E-state index in [4.69, 9.17) is 0 Å². The number of thiophene rings is 1. The molecule has 72 valence electrons. The van der Waals surface area contributed by atoms with Gasteiger partial charge in [-0.1, -0.05) is 0 Å². The van der Waals surface area contributed by atoms with Crippen molar-refractivity contribution in [3.63, 3.8) is 0 Å². The van der Waals surface area contributed by atoms with Crippen molar-refractivity contribution in [2.75, 3.05) is 13.1 Å². The fraction of sp³-hybridized carbons (Fsp3) is 0.500. The summed E-state index contributed by atoms with van der Waals surface area (Å²) in [5.41, 5.74) is 0.455. The fourth-order valence-corrected chi connectivity index (χ4v) is 2.23. The van der Waals surface area contributed by atoms with Gasteiger partial charge in [-0.2, -0.15) is 13.2 Å². The highest BCUT2D eigenvalue weighted by molar-refractivity contribution is 7.10. The smallest absolute Gasteiger partial charge is 0.315 e. The second-order valence-electron chi connectivity index (χ2n) is 3.06. The summed E-state index contributed by atoms with van der Waals surface area (Å²) in [5.74, 6) is 0.0582. The molecule has 1 saturated heterocycles. The number of alkyl halides is 3. The Labute approximate surface area is 77.6 Å². The number of nitrogens with one attached hydrogen (secondary N) is 1. The van der Waals surface area contributed by atoms with Gasteiger partial charge in [0.1, 0.15) is 4.88 Å². The Balaban J connectivity index is 2.30. The number of hydrogen-bond donors (Lipinski definition) is 1. The molecule has 0 amide bonds. The monoisotopic (exact) mass is 207 g/mol. The van der Waals surface area contributed by atoms with Gasteiger partial charge in [-0.25, -0.2) is 0 Å². The normalized spacial score (nSPS) is 18.7. The Kier molecular flexibility index (Phi) is 2.08. The summed E-state index contributed by atoms with van der Waals surface area (Å²) in [6.45, 7) is 1.33. The molecule has 1 aliphatic heterocycles. The van der Waals surface area contributed by atoms with Gasteiger partial charge in [-0.3, -0.25) is 0 Å². The Morgan fingerprint density at radius 1 is 1.38 bits per heavy atom. The molecule has 1 nitrogen and oxygen atoms in total. The van der Waals surface area contributed by atoms with Crippen LogP contribution >= 0.6 is 11.3 Å². The molecular formula is C8H8F3NS. The number of halogens is 3. The van der Waals surface area contributed by atoms with Gasteiger partial charge in [0.05, 0.1) is 0 Å². The van der Waals surface area contributed by atoms with Crippen molar-refractivity contribution in [1.82, 2.24) is 5.32 Å². The van der Waals surface area contributed by atoms with E-state index in [1.807, 2.05) is 0 Å². The molecule has 13 heavy (non-hydrogen) atoms. The molecule has 2 heterocycles. The van der Waals surface area contributed by atoms with Crippen LogP contribution in [-0.4, -0.2) is 13.1 Å². The Bertz CT molecular complexity index is 301. The first-order valence-electron chi connectivity index (χ1n) is 3.94. The van der Waals surface area contributed by atoms with Crippen molar-refractivity contribution >= 4 is 11.3 Å². The van der Waals surface area contributed by atoms with Crippen LogP contribution in [0.3, 0.4) is 0 Å². The Morgan fingerprint density at radius 2 is 2.08 bits per heavy atom. The van der Waals surface area contributed by atoms with Gasteiger partial charge in [0.2, 0.25) is 0 Å². The molecule has 1 N–H and O–H groups in total. The van der Waals surface area contributed by atoms with Gasteiger partial charge in [-0.15, -0.1) is 11.3 Å². The third-order valence-corrected chi connectivity index (χ3v) is 3.15. The van der Waals surface area contributed by atoms with Crippen LogP contribution in [0.2, 0.25) is 0 Å². The van der Waals surface area contributed by atoms with E-state index in [-0.39, 0.29) is 5.92 Å². The Hall–Kier alpha value is -0.550. The molecular weight excluding hydrogens is 199 g/mol. The first-order valence-corrected chi connectivity index (χ1v) is 4.82. The van der Waals surface area contributed by atoms with E-state index in [1.54, 1.807) is 6.07 Å². The summed E-state index contributed by atoms with van der Waals surface area (Å²) < 4.78 is 37.2. The maximum atomic E-state index is 12.4. The fourth-order valence-electron chi connectivity index (χ4n) is 1.38. The molecule has 1 aromatic rings. The van der Waals surface area contributed by atoms with E-state index in [1.165, 1.54) is 5.38 Å². The van der Waals surface area contributed by atoms with Gasteiger partial charge in [0.25, 0.3) is 0 Å². The van der Waals surface area contributed by atoms with E-state index >= 15 is 0 Å². The molecule has 2 rings (SSSR count). The second kappa shape index (κ2) is 2.99. The second-order valence-corrected chi connectivity index (χ2v) is 3.97. The van der Waals surface area contributed by atoms with E-state index in [2.05, 4.69) is 5.32 Å². The van der Waals surface area contributed by atoms with Gasteiger partial charge >= 0.3 is 6.18 Å². The van der Waals surface area contributed by atoms with Crippen molar-refractivity contribution in [1.29, 1.82) is 0 Å². The minimum Gasteiger partial charge on any atom is -0.315 e. The quantitative estimate of drug-likeness (QED) is 0.745. The number of rotatable bonds is 1. The topological polar surface area (TPSA) is 12.0 Å². The maximum absolute atomic E-state index is 12.4. The van der Waals surface area contributed by atoms with Crippen LogP contribution in [-0.2, 0) is 6.18 Å². The van der Waals surface area contributed by atoms with Gasteiger partial charge < -0.3 is 5.32 Å². The molecule has 0 aliphatic carbocycles. The van der Waals surface area contributed by atoms with Crippen molar-refractivity contribution in [2.45, 2.75) is 12.1 Å². The molecule has 0 radical (unpaired) electrons. The lowest BCUT2D eigenvalue weighted by Crippen LogP contribution is -2.40. The summed E-state index contributed by atoms with van der Waals surface area (Å²) in [6, 6.07) is 1.58. The highest BCUT2D eigenvalue weighted by Crippen LogP contribution is 2.39. The standard InChI is InChI=1S/C8H8F3NS/c9-8(10,11)7-6(1-2-13-7)5-3-12-4-5/h1-2,5,12H,3-4H2. The lowest BCUT2D eigenvalue weighted by Gasteiger charge is -2.27. The molecule has 0 aromatic carbocycles. The molecule has 1 aromatic heterocycles. The zero-order valence-electron chi connectivity index (χ0n) is 6.69. The van der Waals surface area contributed by atoms with Gasteiger partial charge in [0.15, 0.2) is 0 Å². The molecule has 1 aliphatic rings. The first-order chi connectivity index (χ1) is 6.09. The van der Waals surface area contributed by atoms with E-state index < -0.39 is 11.1 Å². The van der Waals surface area contributed by atoms with E-state index in [0.717, 1.165) is 11.3 Å². The maximum Gasteiger partial charge on any atom is 0.425 e. The van der Waals surface area contributed by atoms with Crippen molar-refractivity contribution < 1.29 is 13.2 Å². The molecule has 1 fully saturated rings. The zero-order chi connectivity index (χ0) is 9.47. The average molecular weight is 207 g/mol. The van der Waals surface area contributed by atoms with Crippen LogP contribution in [0.4, 0.5) is 13.2 Å². The van der Waals surface area contributed by atoms with Crippen LogP contribution in [0.1, 0.15) is 16.4 Å². The summed E-state index contributed by atoms with van der Waals surface area (Å²) >= 11 is 0.781. The average Bonchev–Trinajstić information content (AvgIpc) is 2.29. The summed E-state index contributed by atoms with van der Waals surface area (Å²) in [7, 11) is 0. The number of hydrogen-bond acceptors (Lipinski definition) is 2. The summed E-state index contributed by atoms with van der Waals surface area (Å²) in [6.07, 6.45) is -4.18. The molecule has 0 atom stereocenters. The lowest BCUT2D eigenvalue weighted by molar-refractivity contribution is -0.135. The third-order valence-electron chi connectivity index (χ3n) is 2.17. The van der Waals surface area contributed by atoms with Crippen LogP contribution in [0.25, 0.3) is 0 Å². The molecule has 0 spiro atoms. The van der Waals surface area contributed by atoms with Crippen LogP contribution in [0.5, 0.6) is 0 Å². The third kappa shape index (κ3) is 1.58. The van der Waals surface area contributed by atoms with Crippen molar-refractivity contribution in [2.24, 2.45) is 0 Å². The minimum absolute atomic E-state index is 0.0582. The molecule has 0 saturated carbocycles. The molecule has 0 bridgehead atoms. The van der Waals surface area contributed by atoms with E-state index in [0.29, 0.717) is 18.7 Å². The first kappa shape index (κ1) is 9.02. The highest BCUT2D eigenvalue weighted by atomic mass is 32.1. The predicted molar refractivity (Wildman–Crippen MR) is 44.9 cm³/mol. The largest absolute Gasteiger partial charge is 0.425 e. The molecule has 0 unspecified atom stereocenters. The highest BCUT2D eigenvalue weighted by Gasteiger charge is 2.37. The van der Waals surface area contributed by atoms with Crippen molar-refractivity contribution in [3.05, 3.63) is 21.9 Å². The van der Waals surface area contributed by atoms with Gasteiger partial charge in [0, 0.05) is 19.0 Å². The van der Waals surface area contributed by atoms with Crippen LogP contribution < -0.4 is 5.32 Å². The Morgan fingerprint density at radius 3 is 2.54 bits per heavy atom. The predicted octanol–water partition coefficient (Wildman–Crippen LogP) is 2.45.